The van der Waals surface area contributed by atoms with E-state index in [0.717, 1.165) is 31.2 Å². The number of nitrogens with zero attached hydrogens (tertiary/aromatic N) is 2. The zero-order chi connectivity index (χ0) is 20.1. The number of hydrogen-bond donors (Lipinski definition) is 1. The molecule has 0 fully saturated rings. The van der Waals surface area contributed by atoms with Gasteiger partial charge in [-0.25, -0.2) is 9.37 Å². The number of thiophene rings is 1. The summed E-state index contributed by atoms with van der Waals surface area (Å²) in [7, 11) is 0. The fraction of sp³-hybridized carbons (Fsp3) is 0.381. The minimum absolute atomic E-state index is 0.0708. The van der Waals surface area contributed by atoms with E-state index >= 15 is 0 Å². The van der Waals surface area contributed by atoms with Gasteiger partial charge < -0.3 is 5.32 Å². The van der Waals surface area contributed by atoms with Crippen molar-refractivity contribution in [2.24, 2.45) is 0 Å². The van der Waals surface area contributed by atoms with E-state index in [1.807, 2.05) is 12.3 Å². The molecule has 2 aromatic heterocycles. The van der Waals surface area contributed by atoms with Crippen molar-refractivity contribution in [2.45, 2.75) is 52.1 Å². The van der Waals surface area contributed by atoms with Crippen molar-refractivity contribution in [1.29, 1.82) is 0 Å². The number of carbonyl (C=O) groups excluding carboxylic acids is 1. The summed E-state index contributed by atoms with van der Waals surface area (Å²) in [6.45, 7) is 4.05. The summed E-state index contributed by atoms with van der Waals surface area (Å²) < 4.78 is 14.5. The van der Waals surface area contributed by atoms with Crippen molar-refractivity contribution in [3.63, 3.8) is 0 Å². The molecule has 0 aliphatic rings. The van der Waals surface area contributed by atoms with E-state index in [0.29, 0.717) is 15.8 Å². The van der Waals surface area contributed by atoms with Crippen molar-refractivity contribution >= 4 is 27.5 Å². The van der Waals surface area contributed by atoms with Crippen molar-refractivity contribution in [1.82, 2.24) is 14.9 Å². The second-order valence-corrected chi connectivity index (χ2v) is 7.84. The molecule has 0 bridgehead atoms. The van der Waals surface area contributed by atoms with Crippen LogP contribution in [0.2, 0.25) is 0 Å². The van der Waals surface area contributed by atoms with Gasteiger partial charge in [0.05, 0.1) is 11.7 Å². The molecule has 3 rings (SSSR count). The molecule has 1 unspecified atom stereocenters. The lowest BCUT2D eigenvalue weighted by Crippen LogP contribution is -2.37. The number of unbranched alkanes of at least 4 members (excludes halogenated alkanes) is 2. The van der Waals surface area contributed by atoms with Gasteiger partial charge in [-0.3, -0.25) is 14.2 Å². The number of amides is 1. The molecular weight excluding hydrogens is 377 g/mol. The predicted octanol–water partition coefficient (Wildman–Crippen LogP) is 4.35. The molecule has 0 radical (unpaired) electrons. The molecule has 1 aromatic carbocycles. The van der Waals surface area contributed by atoms with Crippen LogP contribution in [0, 0.1) is 5.82 Å². The molecule has 148 valence electrons. The van der Waals surface area contributed by atoms with Crippen LogP contribution in [0.4, 0.5) is 4.39 Å². The molecule has 1 N–H and O–H groups in total. The van der Waals surface area contributed by atoms with E-state index < -0.39 is 0 Å². The second kappa shape index (κ2) is 9.10. The van der Waals surface area contributed by atoms with E-state index in [9.17, 15) is 14.0 Å². The van der Waals surface area contributed by atoms with Crippen molar-refractivity contribution in [3.8, 4) is 11.1 Å². The minimum atomic E-state index is -0.330. The van der Waals surface area contributed by atoms with Crippen LogP contribution in [-0.2, 0) is 11.3 Å². The first-order valence-corrected chi connectivity index (χ1v) is 10.4. The lowest BCUT2D eigenvalue weighted by molar-refractivity contribution is -0.122. The average Bonchev–Trinajstić information content (AvgIpc) is 3.10. The number of hydrogen-bond acceptors (Lipinski definition) is 4. The van der Waals surface area contributed by atoms with Gasteiger partial charge in [0.2, 0.25) is 5.91 Å². The molecule has 28 heavy (non-hydrogen) atoms. The second-order valence-electron chi connectivity index (χ2n) is 6.98. The van der Waals surface area contributed by atoms with Gasteiger partial charge in [0.15, 0.2) is 0 Å². The summed E-state index contributed by atoms with van der Waals surface area (Å²) in [5.41, 5.74) is 1.19. The number of halogens is 1. The van der Waals surface area contributed by atoms with Gasteiger partial charge in [-0.15, -0.1) is 11.3 Å². The average molecular weight is 402 g/mol. The molecule has 0 aliphatic heterocycles. The Morgan fingerprint density at radius 2 is 2.04 bits per heavy atom. The normalized spacial score (nSPS) is 12.2. The van der Waals surface area contributed by atoms with Crippen LogP contribution >= 0.6 is 11.3 Å². The predicted molar refractivity (Wildman–Crippen MR) is 111 cm³/mol. The third-order valence-corrected chi connectivity index (χ3v) is 5.56. The van der Waals surface area contributed by atoms with Crippen LogP contribution in [-0.4, -0.2) is 21.5 Å². The number of aromatic nitrogens is 2. The Kier molecular flexibility index (Phi) is 6.57. The van der Waals surface area contributed by atoms with Gasteiger partial charge in [0.25, 0.3) is 5.56 Å². The SMILES string of the molecule is CCCCCC(C)NC(=O)Cn1cnc2scc(-c3ccc(F)cc3)c2c1=O. The van der Waals surface area contributed by atoms with Gasteiger partial charge in [-0.2, -0.15) is 0 Å². The molecule has 0 spiro atoms. The van der Waals surface area contributed by atoms with E-state index in [2.05, 4.69) is 17.2 Å². The fourth-order valence-electron chi connectivity index (χ4n) is 3.17. The van der Waals surface area contributed by atoms with Gasteiger partial charge >= 0.3 is 0 Å². The third-order valence-electron chi connectivity index (χ3n) is 4.68. The highest BCUT2D eigenvalue weighted by molar-refractivity contribution is 7.17. The zero-order valence-electron chi connectivity index (χ0n) is 16.1. The zero-order valence-corrected chi connectivity index (χ0v) is 16.9. The third kappa shape index (κ3) is 4.65. The quantitative estimate of drug-likeness (QED) is 0.571. The molecule has 1 atom stereocenters. The largest absolute Gasteiger partial charge is 0.352 e. The monoisotopic (exact) mass is 401 g/mol. The summed E-state index contributed by atoms with van der Waals surface area (Å²) in [4.78, 5) is 30.2. The van der Waals surface area contributed by atoms with Gasteiger partial charge in [-0.05, 0) is 31.0 Å². The molecule has 0 saturated heterocycles. The highest BCUT2D eigenvalue weighted by Crippen LogP contribution is 2.30. The topological polar surface area (TPSA) is 64.0 Å². The van der Waals surface area contributed by atoms with Crippen molar-refractivity contribution < 1.29 is 9.18 Å². The van der Waals surface area contributed by atoms with Crippen LogP contribution in [0.15, 0.2) is 40.8 Å². The smallest absolute Gasteiger partial charge is 0.263 e. The summed E-state index contributed by atoms with van der Waals surface area (Å²) in [5, 5.41) is 5.24. The fourth-order valence-corrected chi connectivity index (χ4v) is 4.08. The Hall–Kier alpha value is -2.54. The lowest BCUT2D eigenvalue weighted by Gasteiger charge is -2.14. The molecule has 1 amide bonds. The maximum absolute atomic E-state index is 13.2. The minimum Gasteiger partial charge on any atom is -0.352 e. The van der Waals surface area contributed by atoms with Crippen LogP contribution in [0.5, 0.6) is 0 Å². The summed E-state index contributed by atoms with van der Waals surface area (Å²) in [6.07, 6.45) is 5.69. The van der Waals surface area contributed by atoms with E-state index in [-0.39, 0.29) is 29.9 Å². The van der Waals surface area contributed by atoms with Crippen molar-refractivity contribution in [3.05, 3.63) is 52.1 Å². The lowest BCUT2D eigenvalue weighted by atomic mass is 10.1. The van der Waals surface area contributed by atoms with E-state index in [4.69, 9.17) is 0 Å². The number of nitrogens with one attached hydrogen (secondary N) is 1. The van der Waals surface area contributed by atoms with Crippen LogP contribution < -0.4 is 10.9 Å². The first kappa shape index (κ1) is 20.2. The van der Waals surface area contributed by atoms with Crippen LogP contribution in [0.25, 0.3) is 21.3 Å². The van der Waals surface area contributed by atoms with E-state index in [1.54, 1.807) is 12.1 Å². The standard InChI is InChI=1S/C21H24FN3O2S/c1-3-4-5-6-14(2)24-18(26)11-25-13-23-20-19(21(25)27)17(12-28-20)15-7-9-16(22)10-8-15/h7-10,12-14H,3-6,11H2,1-2H3,(H,24,26). The molecule has 0 aliphatic carbocycles. The molecule has 7 heteroatoms. The highest BCUT2D eigenvalue weighted by Gasteiger charge is 2.15. The first-order valence-electron chi connectivity index (χ1n) is 9.51. The van der Waals surface area contributed by atoms with Gasteiger partial charge in [-0.1, -0.05) is 38.3 Å². The number of benzene rings is 1. The summed E-state index contributed by atoms with van der Waals surface area (Å²) in [6, 6.07) is 6.07. The maximum Gasteiger partial charge on any atom is 0.263 e. The number of carbonyl (C=O) groups is 1. The van der Waals surface area contributed by atoms with Crippen LogP contribution in [0.3, 0.4) is 0 Å². The van der Waals surface area contributed by atoms with Crippen LogP contribution in [0.1, 0.15) is 39.5 Å². The molecule has 0 saturated carbocycles. The van der Waals surface area contributed by atoms with Gasteiger partial charge in [0.1, 0.15) is 17.2 Å². The number of rotatable bonds is 8. The van der Waals surface area contributed by atoms with Gasteiger partial charge in [0, 0.05) is 17.0 Å². The van der Waals surface area contributed by atoms with E-state index in [1.165, 1.54) is 34.4 Å². The Morgan fingerprint density at radius 3 is 2.75 bits per heavy atom. The summed E-state index contributed by atoms with van der Waals surface area (Å²) in [5.74, 6) is -0.533. The first-order chi connectivity index (χ1) is 13.5. The maximum atomic E-state index is 13.2. The summed E-state index contributed by atoms with van der Waals surface area (Å²) >= 11 is 1.36. The molecule has 3 aromatic rings. The number of fused-ring (bicyclic) bond motifs is 1. The highest BCUT2D eigenvalue weighted by atomic mass is 32.1. The molecular formula is C21H24FN3O2S. The Balaban J connectivity index is 1.80. The Morgan fingerprint density at radius 1 is 1.29 bits per heavy atom. The molecule has 2 heterocycles. The Bertz CT molecular complexity index is 1010. The Labute approximate surface area is 167 Å². The molecule has 5 nitrogen and oxygen atoms in total. The van der Waals surface area contributed by atoms with Crippen molar-refractivity contribution in [2.75, 3.05) is 0 Å².